The van der Waals surface area contributed by atoms with E-state index in [1.54, 1.807) is 0 Å². The number of hydrogen-bond acceptors (Lipinski definition) is 3. The first kappa shape index (κ1) is 13.2. The van der Waals surface area contributed by atoms with E-state index in [-0.39, 0.29) is 5.75 Å². The molecule has 3 nitrogen and oxygen atoms in total. The Morgan fingerprint density at radius 3 is 2.38 bits per heavy atom. The highest BCUT2D eigenvalue weighted by Gasteiger charge is 2.09. The van der Waals surface area contributed by atoms with Gasteiger partial charge in [0.25, 0.3) is 0 Å². The van der Waals surface area contributed by atoms with Gasteiger partial charge in [0.2, 0.25) is 0 Å². The molecule has 0 fully saturated rings. The molecule has 0 aliphatic heterocycles. The fourth-order valence-electron chi connectivity index (χ4n) is 1.47. The summed E-state index contributed by atoms with van der Waals surface area (Å²) in [5.74, 6) is 0.0585. The van der Waals surface area contributed by atoms with Crippen molar-refractivity contribution in [2.45, 2.75) is 25.4 Å². The van der Waals surface area contributed by atoms with Crippen LogP contribution in [0, 0.1) is 0 Å². The predicted octanol–water partition coefficient (Wildman–Crippen LogP) is 1.41. The maximum Gasteiger partial charge on any atom is 0.147 e. The molecular weight excluding hydrogens is 224 g/mol. The minimum atomic E-state index is -2.96. The van der Waals surface area contributed by atoms with E-state index < -0.39 is 15.9 Å². The summed E-state index contributed by atoms with van der Waals surface area (Å²) in [6.45, 7) is 0. The van der Waals surface area contributed by atoms with Gasteiger partial charge in [0, 0.05) is 6.26 Å². The van der Waals surface area contributed by atoms with E-state index in [2.05, 4.69) is 0 Å². The van der Waals surface area contributed by atoms with Gasteiger partial charge in [-0.05, 0) is 24.8 Å². The van der Waals surface area contributed by atoms with Gasteiger partial charge in [-0.15, -0.1) is 0 Å². The van der Waals surface area contributed by atoms with Crippen molar-refractivity contribution >= 4 is 9.84 Å². The maximum atomic E-state index is 10.9. The molecule has 0 aliphatic rings. The Morgan fingerprint density at radius 1 is 1.19 bits per heavy atom. The fourth-order valence-corrected chi connectivity index (χ4v) is 2.17. The third-order valence-corrected chi connectivity index (χ3v) is 3.41. The standard InChI is InChI=1S/C12H18O3S/c1-16(14,15)10-9-12(13)8-7-11-5-3-2-4-6-11/h2-6,12-13H,7-10H2,1H3. The Kier molecular flexibility index (Phi) is 4.96. The normalized spacial score (nSPS) is 13.6. The van der Waals surface area contributed by atoms with Gasteiger partial charge >= 0.3 is 0 Å². The van der Waals surface area contributed by atoms with Crippen molar-refractivity contribution in [3.8, 4) is 0 Å². The van der Waals surface area contributed by atoms with Crippen LogP contribution in [0.1, 0.15) is 18.4 Å². The largest absolute Gasteiger partial charge is 0.393 e. The first-order valence-electron chi connectivity index (χ1n) is 5.37. The average Bonchev–Trinajstić information content (AvgIpc) is 2.24. The predicted molar refractivity (Wildman–Crippen MR) is 65.1 cm³/mol. The van der Waals surface area contributed by atoms with Crippen LogP contribution in [-0.4, -0.2) is 31.6 Å². The third kappa shape index (κ3) is 5.88. The number of aliphatic hydroxyl groups excluding tert-OH is 1. The number of aryl methyl sites for hydroxylation is 1. The summed E-state index contributed by atoms with van der Waals surface area (Å²) in [6.07, 6.45) is 2.38. The molecular formula is C12H18O3S. The van der Waals surface area contributed by atoms with Gasteiger partial charge in [-0.2, -0.15) is 0 Å². The van der Waals surface area contributed by atoms with E-state index in [9.17, 15) is 13.5 Å². The van der Waals surface area contributed by atoms with E-state index in [0.29, 0.717) is 12.8 Å². The first-order chi connectivity index (χ1) is 7.47. The molecule has 1 aromatic carbocycles. The molecule has 0 aromatic heterocycles. The van der Waals surface area contributed by atoms with E-state index in [1.807, 2.05) is 30.3 Å². The Hall–Kier alpha value is -0.870. The Morgan fingerprint density at radius 2 is 1.81 bits per heavy atom. The Balaban J connectivity index is 2.28. The molecule has 16 heavy (non-hydrogen) atoms. The summed E-state index contributed by atoms with van der Waals surface area (Å²) in [7, 11) is -2.96. The molecule has 0 bridgehead atoms. The molecule has 1 rings (SSSR count). The molecule has 90 valence electrons. The van der Waals surface area contributed by atoms with Gasteiger partial charge in [0.05, 0.1) is 11.9 Å². The minimum absolute atomic E-state index is 0.0585. The van der Waals surface area contributed by atoms with Crippen LogP contribution in [-0.2, 0) is 16.3 Å². The average molecular weight is 242 g/mol. The highest BCUT2D eigenvalue weighted by atomic mass is 32.2. The summed E-state index contributed by atoms with van der Waals surface area (Å²) < 4.78 is 21.8. The van der Waals surface area contributed by atoms with Crippen molar-refractivity contribution in [1.82, 2.24) is 0 Å². The van der Waals surface area contributed by atoms with Crippen molar-refractivity contribution < 1.29 is 13.5 Å². The second-order valence-electron chi connectivity index (χ2n) is 4.10. The second-order valence-corrected chi connectivity index (χ2v) is 6.36. The molecule has 0 aliphatic carbocycles. The van der Waals surface area contributed by atoms with Gasteiger partial charge in [0.1, 0.15) is 9.84 Å². The number of sulfone groups is 1. The SMILES string of the molecule is CS(=O)(=O)CCC(O)CCc1ccccc1. The molecule has 0 spiro atoms. The minimum Gasteiger partial charge on any atom is -0.393 e. The zero-order chi connectivity index (χ0) is 12.0. The van der Waals surface area contributed by atoms with Crippen LogP contribution >= 0.6 is 0 Å². The van der Waals surface area contributed by atoms with Crippen LogP contribution in [0.15, 0.2) is 30.3 Å². The topological polar surface area (TPSA) is 54.4 Å². The summed E-state index contributed by atoms with van der Waals surface area (Å²) in [4.78, 5) is 0. The molecule has 0 heterocycles. The van der Waals surface area contributed by atoms with Gasteiger partial charge < -0.3 is 5.11 Å². The number of aliphatic hydroxyl groups is 1. The number of benzene rings is 1. The van der Waals surface area contributed by atoms with Crippen molar-refractivity contribution in [2.24, 2.45) is 0 Å². The van der Waals surface area contributed by atoms with Crippen molar-refractivity contribution in [2.75, 3.05) is 12.0 Å². The fraction of sp³-hybridized carbons (Fsp3) is 0.500. The molecule has 0 radical (unpaired) electrons. The zero-order valence-corrected chi connectivity index (χ0v) is 10.3. The lowest BCUT2D eigenvalue weighted by molar-refractivity contribution is 0.161. The van der Waals surface area contributed by atoms with Gasteiger partial charge in [-0.1, -0.05) is 30.3 Å². The van der Waals surface area contributed by atoms with Crippen LogP contribution in [0.25, 0.3) is 0 Å². The monoisotopic (exact) mass is 242 g/mol. The highest BCUT2D eigenvalue weighted by molar-refractivity contribution is 7.90. The van der Waals surface area contributed by atoms with Crippen LogP contribution in [0.4, 0.5) is 0 Å². The van der Waals surface area contributed by atoms with Gasteiger partial charge in [-0.3, -0.25) is 0 Å². The third-order valence-electron chi connectivity index (χ3n) is 2.43. The Labute approximate surface area is 97.0 Å². The van der Waals surface area contributed by atoms with Gasteiger partial charge in [0.15, 0.2) is 0 Å². The highest BCUT2D eigenvalue weighted by Crippen LogP contribution is 2.07. The smallest absolute Gasteiger partial charge is 0.147 e. The summed E-state index contributed by atoms with van der Waals surface area (Å²) in [6, 6.07) is 9.87. The summed E-state index contributed by atoms with van der Waals surface area (Å²) in [5.41, 5.74) is 1.17. The molecule has 1 unspecified atom stereocenters. The maximum absolute atomic E-state index is 10.9. The van der Waals surface area contributed by atoms with Crippen LogP contribution < -0.4 is 0 Å². The lowest BCUT2D eigenvalue weighted by Crippen LogP contribution is -2.14. The molecule has 0 saturated carbocycles. The van der Waals surface area contributed by atoms with Crippen molar-refractivity contribution in [3.63, 3.8) is 0 Å². The number of rotatable bonds is 6. The lowest BCUT2D eigenvalue weighted by atomic mass is 10.1. The van der Waals surface area contributed by atoms with Crippen LogP contribution in [0.2, 0.25) is 0 Å². The Bertz CT molecular complexity index is 398. The molecule has 4 heteroatoms. The molecule has 0 saturated heterocycles. The van der Waals surface area contributed by atoms with Crippen molar-refractivity contribution in [1.29, 1.82) is 0 Å². The van der Waals surface area contributed by atoms with E-state index >= 15 is 0 Å². The number of hydrogen-bond donors (Lipinski definition) is 1. The second kappa shape index (κ2) is 6.01. The van der Waals surface area contributed by atoms with Gasteiger partial charge in [-0.25, -0.2) is 8.42 Å². The zero-order valence-electron chi connectivity index (χ0n) is 9.46. The van der Waals surface area contributed by atoms with Crippen molar-refractivity contribution in [3.05, 3.63) is 35.9 Å². The van der Waals surface area contributed by atoms with Crippen LogP contribution in [0.3, 0.4) is 0 Å². The molecule has 1 atom stereocenters. The lowest BCUT2D eigenvalue weighted by Gasteiger charge is -2.09. The molecule has 0 amide bonds. The molecule has 1 aromatic rings. The van der Waals surface area contributed by atoms with Crippen LogP contribution in [0.5, 0.6) is 0 Å². The summed E-state index contributed by atoms with van der Waals surface area (Å²) in [5, 5.41) is 9.61. The van der Waals surface area contributed by atoms with E-state index in [4.69, 9.17) is 0 Å². The first-order valence-corrected chi connectivity index (χ1v) is 7.43. The molecule has 1 N–H and O–H groups in total. The quantitative estimate of drug-likeness (QED) is 0.820. The van der Waals surface area contributed by atoms with E-state index in [0.717, 1.165) is 6.42 Å². The summed E-state index contributed by atoms with van der Waals surface area (Å²) >= 11 is 0. The van der Waals surface area contributed by atoms with E-state index in [1.165, 1.54) is 11.8 Å².